The summed E-state index contributed by atoms with van der Waals surface area (Å²) in [6.07, 6.45) is 1.54. The highest BCUT2D eigenvalue weighted by atomic mass is 16.5. The van der Waals surface area contributed by atoms with Crippen LogP contribution in [-0.2, 0) is 16.6 Å². The number of amides is 1. The van der Waals surface area contributed by atoms with E-state index in [0.29, 0.717) is 50.8 Å². The van der Waals surface area contributed by atoms with Crippen LogP contribution < -0.4 is 10.6 Å². The van der Waals surface area contributed by atoms with Gasteiger partial charge in [0.1, 0.15) is 17.1 Å². The molecule has 1 aliphatic heterocycles. The van der Waals surface area contributed by atoms with Gasteiger partial charge in [-0.3, -0.25) is 9.48 Å². The fourth-order valence-corrected chi connectivity index (χ4v) is 4.19. The number of pyridine rings is 1. The van der Waals surface area contributed by atoms with Crippen molar-refractivity contribution in [3.8, 4) is 11.5 Å². The number of fused-ring (bicyclic) bond motifs is 2. The number of nitrogens with zero attached hydrogens (tertiary/aromatic N) is 4. The zero-order chi connectivity index (χ0) is 25.4. The van der Waals surface area contributed by atoms with Gasteiger partial charge >= 0.3 is 5.97 Å². The highest BCUT2D eigenvalue weighted by molar-refractivity contribution is 6.27. The zero-order valence-electron chi connectivity index (χ0n) is 20.2. The fraction of sp³-hybridized carbons (Fsp3) is 0.192. The number of carbonyl (C=O) groups excluding carboxylic acids is 2. The van der Waals surface area contributed by atoms with Gasteiger partial charge in [-0.25, -0.2) is 14.8 Å². The second-order valence-electron chi connectivity index (χ2n) is 8.22. The number of anilines is 1. The fourth-order valence-electron chi connectivity index (χ4n) is 4.19. The van der Waals surface area contributed by atoms with Crippen LogP contribution in [0.2, 0.25) is 0 Å². The molecule has 4 aromatic rings. The first-order valence-corrected chi connectivity index (χ1v) is 11.4. The van der Waals surface area contributed by atoms with Crippen LogP contribution in [0.15, 0.2) is 69.4 Å². The quantitative estimate of drug-likeness (QED) is 0.415. The van der Waals surface area contributed by atoms with Crippen molar-refractivity contribution >= 4 is 40.1 Å². The molecule has 0 aliphatic carbocycles. The normalized spacial score (nSPS) is 13.1. The lowest BCUT2D eigenvalue weighted by atomic mass is 10.1. The largest absolute Gasteiger partial charge is 0.463 e. The van der Waals surface area contributed by atoms with Gasteiger partial charge in [0.15, 0.2) is 11.4 Å². The maximum atomic E-state index is 13.8. The number of nitrogens with one attached hydrogen (secondary N) is 2. The summed E-state index contributed by atoms with van der Waals surface area (Å²) in [5.74, 6) is -0.473. The van der Waals surface area contributed by atoms with Gasteiger partial charge < -0.3 is 19.8 Å². The molecule has 2 N–H and O–H groups in total. The molecule has 0 spiro atoms. The van der Waals surface area contributed by atoms with Crippen molar-refractivity contribution in [1.29, 1.82) is 0 Å². The average molecular weight is 485 g/mol. The number of para-hydroxylation sites is 2. The number of benzene rings is 1. The lowest BCUT2D eigenvalue weighted by Gasteiger charge is -2.14. The first-order chi connectivity index (χ1) is 17.4. The van der Waals surface area contributed by atoms with Crippen LogP contribution >= 0.6 is 0 Å². The Morgan fingerprint density at radius 1 is 1.17 bits per heavy atom. The number of allylic oxidation sites excluding steroid dienone is 1. The van der Waals surface area contributed by atoms with Gasteiger partial charge in [-0.15, -0.1) is 0 Å². The van der Waals surface area contributed by atoms with Crippen LogP contribution in [0.1, 0.15) is 29.9 Å². The first-order valence-electron chi connectivity index (χ1n) is 11.4. The second-order valence-corrected chi connectivity index (χ2v) is 8.22. The van der Waals surface area contributed by atoms with Gasteiger partial charge in [0.2, 0.25) is 0 Å². The Bertz CT molecular complexity index is 1560. The van der Waals surface area contributed by atoms with Crippen molar-refractivity contribution in [3.05, 3.63) is 71.3 Å². The molecule has 0 unspecified atom stereocenters. The summed E-state index contributed by atoms with van der Waals surface area (Å²) in [5, 5.41) is 11.1. The van der Waals surface area contributed by atoms with Crippen LogP contribution in [0.5, 0.6) is 0 Å². The molecule has 0 atom stereocenters. The van der Waals surface area contributed by atoms with Crippen molar-refractivity contribution in [2.75, 3.05) is 11.9 Å². The van der Waals surface area contributed by atoms with Gasteiger partial charge in [0.25, 0.3) is 5.91 Å². The van der Waals surface area contributed by atoms with Crippen LogP contribution in [0.25, 0.3) is 22.5 Å². The molecule has 1 aliphatic rings. The maximum absolute atomic E-state index is 13.8. The molecule has 10 nitrogen and oxygen atoms in total. The summed E-state index contributed by atoms with van der Waals surface area (Å²) >= 11 is 0. The number of esters is 1. The number of hydrogen-bond donors (Lipinski definition) is 2. The van der Waals surface area contributed by atoms with E-state index in [1.54, 1.807) is 56.1 Å². The molecule has 3 aromatic heterocycles. The van der Waals surface area contributed by atoms with E-state index in [1.807, 2.05) is 25.1 Å². The Kier molecular flexibility index (Phi) is 5.85. The van der Waals surface area contributed by atoms with Gasteiger partial charge in [0.05, 0.1) is 40.9 Å². The molecule has 0 radical (unpaired) electrons. The molecule has 4 heterocycles. The van der Waals surface area contributed by atoms with E-state index in [1.165, 1.54) is 0 Å². The van der Waals surface area contributed by atoms with Crippen molar-refractivity contribution in [2.45, 2.75) is 20.8 Å². The third-order valence-electron chi connectivity index (χ3n) is 5.77. The van der Waals surface area contributed by atoms with Gasteiger partial charge in [-0.1, -0.05) is 12.1 Å². The Hall–Kier alpha value is -4.73. The maximum Gasteiger partial charge on any atom is 0.343 e. The molecule has 0 saturated heterocycles. The number of ether oxygens (including phenoxy) is 1. The van der Waals surface area contributed by atoms with E-state index in [9.17, 15) is 9.59 Å². The van der Waals surface area contributed by atoms with Crippen LogP contribution in [0.3, 0.4) is 0 Å². The Morgan fingerprint density at radius 3 is 2.72 bits per heavy atom. The number of aryl methyl sites for hydroxylation is 2. The number of carbonyl (C=O) groups is 2. The van der Waals surface area contributed by atoms with Gasteiger partial charge in [0, 0.05) is 12.7 Å². The number of rotatable bonds is 4. The van der Waals surface area contributed by atoms with Gasteiger partial charge in [-0.05, 0) is 51.1 Å². The lowest BCUT2D eigenvalue weighted by Crippen LogP contribution is -2.35. The molecule has 0 fully saturated rings. The summed E-state index contributed by atoms with van der Waals surface area (Å²) in [6, 6.07) is 12.5. The molecule has 1 aromatic carbocycles. The smallest absolute Gasteiger partial charge is 0.343 e. The third-order valence-corrected chi connectivity index (χ3v) is 5.77. The predicted molar refractivity (Wildman–Crippen MR) is 135 cm³/mol. The monoisotopic (exact) mass is 484 g/mol. The molecule has 36 heavy (non-hydrogen) atoms. The molecule has 10 heteroatoms. The molecule has 182 valence electrons. The predicted octanol–water partition coefficient (Wildman–Crippen LogP) is 4.26. The first kappa shape index (κ1) is 23.0. The minimum Gasteiger partial charge on any atom is -0.463 e. The molecular formula is C26H24N6O4. The van der Waals surface area contributed by atoms with Crippen LogP contribution in [-0.4, -0.2) is 39.1 Å². The Labute approximate surface area is 206 Å². The molecular weight excluding hydrogens is 460 g/mol. The van der Waals surface area contributed by atoms with Crippen LogP contribution in [0, 0.1) is 6.92 Å². The minimum absolute atomic E-state index is 0.0828. The molecule has 0 bridgehead atoms. The second kappa shape index (κ2) is 9.14. The Balaban J connectivity index is 1.64. The van der Waals surface area contributed by atoms with E-state index in [2.05, 4.69) is 25.7 Å². The topological polar surface area (TPSA) is 124 Å². The van der Waals surface area contributed by atoms with E-state index in [4.69, 9.17) is 9.15 Å². The SMILES string of the molecule is CCOC(=O)C1=C(C)Nc2ccccc2N=C1NC(=O)c1cc(-c2ccco2)nc2c1c(C)nn2C. The summed E-state index contributed by atoms with van der Waals surface area (Å²) in [4.78, 5) is 36.0. The van der Waals surface area contributed by atoms with Crippen molar-refractivity contribution in [3.63, 3.8) is 0 Å². The number of furan rings is 1. The molecule has 1 amide bonds. The van der Waals surface area contributed by atoms with Crippen molar-refractivity contribution in [2.24, 2.45) is 12.0 Å². The summed E-state index contributed by atoms with van der Waals surface area (Å²) < 4.78 is 12.4. The lowest BCUT2D eigenvalue weighted by molar-refractivity contribution is -0.137. The van der Waals surface area contributed by atoms with E-state index in [-0.39, 0.29) is 18.0 Å². The highest BCUT2D eigenvalue weighted by Gasteiger charge is 2.28. The average Bonchev–Trinajstić information content (AvgIpc) is 3.45. The number of aromatic nitrogens is 3. The highest BCUT2D eigenvalue weighted by Crippen LogP contribution is 2.31. The summed E-state index contributed by atoms with van der Waals surface area (Å²) in [6.45, 7) is 5.44. The standard InChI is InChI=1S/C26H24N6O4/c1-5-35-26(34)22-14(2)27-17-9-6-7-10-18(17)28-23(22)30-25(33)16-13-19(20-11-8-12-36-20)29-24-21(16)15(3)31-32(24)4/h6-13,27H,5H2,1-4H3,(H,28,30,33). The Morgan fingerprint density at radius 2 is 1.97 bits per heavy atom. The van der Waals surface area contributed by atoms with E-state index in [0.717, 1.165) is 0 Å². The van der Waals surface area contributed by atoms with Gasteiger partial charge in [-0.2, -0.15) is 5.10 Å². The number of aliphatic imine (C=N–C) groups is 1. The number of hydrogen-bond acceptors (Lipinski definition) is 8. The summed E-state index contributed by atoms with van der Waals surface area (Å²) in [5.41, 5.74) is 3.89. The van der Waals surface area contributed by atoms with E-state index >= 15 is 0 Å². The minimum atomic E-state index is -0.594. The third kappa shape index (κ3) is 4.02. The van der Waals surface area contributed by atoms with Crippen molar-refractivity contribution < 1.29 is 18.7 Å². The molecule has 0 saturated carbocycles. The van der Waals surface area contributed by atoms with E-state index < -0.39 is 11.9 Å². The van der Waals surface area contributed by atoms with Crippen molar-refractivity contribution in [1.82, 2.24) is 20.1 Å². The summed E-state index contributed by atoms with van der Waals surface area (Å²) in [7, 11) is 1.76. The number of amidine groups is 1. The molecule has 5 rings (SSSR count). The van der Waals surface area contributed by atoms with Crippen LogP contribution in [0.4, 0.5) is 11.4 Å². The zero-order valence-corrected chi connectivity index (χ0v) is 20.2.